The van der Waals surface area contributed by atoms with Gasteiger partial charge in [-0.2, -0.15) is 0 Å². The van der Waals surface area contributed by atoms with E-state index in [1.165, 1.54) is 31.4 Å². The minimum atomic E-state index is 0.740. The van der Waals surface area contributed by atoms with Crippen molar-refractivity contribution in [2.75, 3.05) is 27.2 Å². The molecule has 1 aliphatic rings. The number of likely N-dealkylation sites (N-methyl/N-ethyl adjacent to an activating group) is 1. The fraction of sp³-hybridized carbons (Fsp3) is 0.625. The molecule has 0 radical (unpaired) electrons. The monoisotopic (exact) mass is 246 g/mol. The first kappa shape index (κ1) is 13.6. The molecule has 2 nitrogen and oxygen atoms in total. The minimum absolute atomic E-state index is 0.740. The highest BCUT2D eigenvalue weighted by Crippen LogP contribution is 2.25. The lowest BCUT2D eigenvalue weighted by Gasteiger charge is -2.25. The Hall–Kier alpha value is -0.860. The molecule has 2 rings (SSSR count). The van der Waals surface area contributed by atoms with E-state index in [9.17, 15) is 0 Å². The molecule has 18 heavy (non-hydrogen) atoms. The van der Waals surface area contributed by atoms with Crippen molar-refractivity contribution in [2.24, 2.45) is 5.92 Å². The van der Waals surface area contributed by atoms with Crippen LogP contribution < -0.4 is 5.32 Å². The summed E-state index contributed by atoms with van der Waals surface area (Å²) in [5, 5.41) is 3.47. The molecule has 0 spiro atoms. The lowest BCUT2D eigenvalue weighted by Crippen LogP contribution is -2.37. The molecule has 0 bridgehead atoms. The van der Waals surface area contributed by atoms with Crippen LogP contribution in [0.2, 0.25) is 0 Å². The third-order valence-electron chi connectivity index (χ3n) is 4.20. The highest BCUT2D eigenvalue weighted by Gasteiger charge is 2.26. The zero-order valence-electron chi connectivity index (χ0n) is 11.7. The molecule has 1 fully saturated rings. The Morgan fingerprint density at radius 2 is 2.00 bits per heavy atom. The molecular formula is C16H26N2. The molecule has 1 aliphatic carbocycles. The van der Waals surface area contributed by atoms with Crippen molar-refractivity contribution < 1.29 is 0 Å². The standard InChI is InChI=1S/C16H26N2/c1-17-16-10-6-9-15(16)13-18(2)12-11-14-7-4-3-5-8-14/h3-5,7-8,15-17H,6,9-13H2,1-2H3. The van der Waals surface area contributed by atoms with Crippen molar-refractivity contribution in [1.29, 1.82) is 0 Å². The van der Waals surface area contributed by atoms with Gasteiger partial charge in [0.2, 0.25) is 0 Å². The molecule has 0 aromatic heterocycles. The highest BCUT2D eigenvalue weighted by atomic mass is 15.1. The van der Waals surface area contributed by atoms with Crippen LogP contribution in [0.4, 0.5) is 0 Å². The van der Waals surface area contributed by atoms with Crippen LogP contribution in [0.1, 0.15) is 24.8 Å². The van der Waals surface area contributed by atoms with Gasteiger partial charge in [-0.15, -0.1) is 0 Å². The summed E-state index contributed by atoms with van der Waals surface area (Å²) in [5.74, 6) is 0.843. The van der Waals surface area contributed by atoms with E-state index in [2.05, 4.69) is 54.6 Å². The Labute approximate surface area is 111 Å². The largest absolute Gasteiger partial charge is 0.317 e. The van der Waals surface area contributed by atoms with Crippen molar-refractivity contribution in [2.45, 2.75) is 31.7 Å². The Kier molecular flexibility index (Phi) is 5.21. The molecule has 2 heteroatoms. The minimum Gasteiger partial charge on any atom is -0.317 e. The molecule has 0 heterocycles. The molecule has 1 aromatic rings. The van der Waals surface area contributed by atoms with Gasteiger partial charge in [0.05, 0.1) is 0 Å². The quantitative estimate of drug-likeness (QED) is 0.830. The number of nitrogens with one attached hydrogen (secondary N) is 1. The molecule has 2 atom stereocenters. The highest BCUT2D eigenvalue weighted by molar-refractivity contribution is 5.14. The van der Waals surface area contributed by atoms with Crippen LogP contribution in [0.3, 0.4) is 0 Å². The summed E-state index contributed by atoms with van der Waals surface area (Å²) in [6.45, 7) is 2.40. The number of benzene rings is 1. The molecular weight excluding hydrogens is 220 g/mol. The Morgan fingerprint density at radius 3 is 2.72 bits per heavy atom. The maximum Gasteiger partial charge on any atom is 0.0104 e. The summed E-state index contributed by atoms with van der Waals surface area (Å²) in [5.41, 5.74) is 1.45. The van der Waals surface area contributed by atoms with E-state index in [0.717, 1.165) is 24.9 Å². The van der Waals surface area contributed by atoms with Gasteiger partial charge in [-0.1, -0.05) is 36.8 Å². The second-order valence-corrected chi connectivity index (χ2v) is 5.58. The van der Waals surface area contributed by atoms with Crippen LogP contribution in [-0.4, -0.2) is 38.1 Å². The summed E-state index contributed by atoms with van der Waals surface area (Å²) in [6, 6.07) is 11.5. The van der Waals surface area contributed by atoms with Gasteiger partial charge in [-0.3, -0.25) is 0 Å². The van der Waals surface area contributed by atoms with Crippen LogP contribution in [0.15, 0.2) is 30.3 Å². The SMILES string of the molecule is CNC1CCCC1CN(C)CCc1ccccc1. The van der Waals surface area contributed by atoms with Gasteiger partial charge in [-0.25, -0.2) is 0 Å². The molecule has 1 N–H and O–H groups in total. The fourth-order valence-corrected chi connectivity index (χ4v) is 3.09. The van der Waals surface area contributed by atoms with Gasteiger partial charge in [0, 0.05) is 19.1 Å². The van der Waals surface area contributed by atoms with Crippen molar-refractivity contribution in [1.82, 2.24) is 10.2 Å². The molecule has 100 valence electrons. The van der Waals surface area contributed by atoms with Gasteiger partial charge < -0.3 is 10.2 Å². The number of hydrogen-bond acceptors (Lipinski definition) is 2. The number of rotatable bonds is 6. The lowest BCUT2D eigenvalue weighted by atomic mass is 10.0. The number of hydrogen-bond donors (Lipinski definition) is 1. The van der Waals surface area contributed by atoms with Gasteiger partial charge in [0.15, 0.2) is 0 Å². The van der Waals surface area contributed by atoms with E-state index in [-0.39, 0.29) is 0 Å². The maximum atomic E-state index is 3.47. The first-order valence-corrected chi connectivity index (χ1v) is 7.19. The first-order chi connectivity index (χ1) is 8.79. The average molecular weight is 246 g/mol. The van der Waals surface area contributed by atoms with Gasteiger partial charge >= 0.3 is 0 Å². The van der Waals surface area contributed by atoms with Crippen LogP contribution in [0.25, 0.3) is 0 Å². The van der Waals surface area contributed by atoms with Crippen LogP contribution in [0.5, 0.6) is 0 Å². The van der Waals surface area contributed by atoms with Gasteiger partial charge in [-0.05, 0) is 44.8 Å². The van der Waals surface area contributed by atoms with Gasteiger partial charge in [0.25, 0.3) is 0 Å². The second kappa shape index (κ2) is 6.91. The van der Waals surface area contributed by atoms with Crippen molar-refractivity contribution >= 4 is 0 Å². The molecule has 0 saturated heterocycles. The summed E-state index contributed by atoms with van der Waals surface area (Å²) in [4.78, 5) is 2.49. The predicted molar refractivity (Wildman–Crippen MR) is 77.8 cm³/mol. The van der Waals surface area contributed by atoms with E-state index >= 15 is 0 Å². The van der Waals surface area contributed by atoms with Crippen LogP contribution in [0, 0.1) is 5.92 Å². The summed E-state index contributed by atoms with van der Waals surface area (Å²) in [6.07, 6.45) is 5.30. The zero-order chi connectivity index (χ0) is 12.8. The molecule has 2 unspecified atom stereocenters. The van der Waals surface area contributed by atoms with E-state index in [0.29, 0.717) is 0 Å². The third kappa shape index (κ3) is 3.82. The molecule has 1 aromatic carbocycles. The van der Waals surface area contributed by atoms with Crippen molar-refractivity contribution in [3.8, 4) is 0 Å². The van der Waals surface area contributed by atoms with E-state index < -0.39 is 0 Å². The Morgan fingerprint density at radius 1 is 1.22 bits per heavy atom. The molecule has 0 aliphatic heterocycles. The molecule has 1 saturated carbocycles. The van der Waals surface area contributed by atoms with Gasteiger partial charge in [0.1, 0.15) is 0 Å². The molecule has 0 amide bonds. The Balaban J connectivity index is 1.73. The van der Waals surface area contributed by atoms with Crippen LogP contribution >= 0.6 is 0 Å². The van der Waals surface area contributed by atoms with E-state index in [4.69, 9.17) is 0 Å². The normalized spacial score (nSPS) is 23.7. The summed E-state index contributed by atoms with van der Waals surface area (Å²) < 4.78 is 0. The van der Waals surface area contributed by atoms with Crippen molar-refractivity contribution in [3.05, 3.63) is 35.9 Å². The predicted octanol–water partition coefficient (Wildman–Crippen LogP) is 2.55. The lowest BCUT2D eigenvalue weighted by molar-refractivity contribution is 0.257. The van der Waals surface area contributed by atoms with Crippen molar-refractivity contribution in [3.63, 3.8) is 0 Å². The fourth-order valence-electron chi connectivity index (χ4n) is 3.09. The average Bonchev–Trinajstić information content (AvgIpc) is 2.85. The maximum absolute atomic E-state index is 3.47. The summed E-state index contributed by atoms with van der Waals surface area (Å²) >= 11 is 0. The Bertz CT molecular complexity index is 336. The zero-order valence-corrected chi connectivity index (χ0v) is 11.7. The van der Waals surface area contributed by atoms with Crippen LogP contribution in [-0.2, 0) is 6.42 Å². The first-order valence-electron chi connectivity index (χ1n) is 7.19. The topological polar surface area (TPSA) is 15.3 Å². The number of nitrogens with zero attached hydrogens (tertiary/aromatic N) is 1. The van der Waals surface area contributed by atoms with E-state index in [1.54, 1.807) is 0 Å². The van der Waals surface area contributed by atoms with E-state index in [1.807, 2.05) is 0 Å². The smallest absolute Gasteiger partial charge is 0.0104 e. The summed E-state index contributed by atoms with van der Waals surface area (Å²) in [7, 11) is 4.36. The third-order valence-corrected chi connectivity index (χ3v) is 4.20. The second-order valence-electron chi connectivity index (χ2n) is 5.58.